The van der Waals surface area contributed by atoms with Crippen molar-refractivity contribution in [1.29, 1.82) is 0 Å². The predicted molar refractivity (Wildman–Crippen MR) is 90.5 cm³/mol. The number of urea groups is 1. The molecule has 118 valence electrons. The van der Waals surface area contributed by atoms with Gasteiger partial charge in [0.2, 0.25) is 5.13 Å². The summed E-state index contributed by atoms with van der Waals surface area (Å²) < 4.78 is 0. The summed E-state index contributed by atoms with van der Waals surface area (Å²) in [5, 5.41) is 12.2. The van der Waals surface area contributed by atoms with Crippen LogP contribution in [0.3, 0.4) is 0 Å². The minimum absolute atomic E-state index is 0.0732. The van der Waals surface area contributed by atoms with Gasteiger partial charge in [-0.05, 0) is 36.8 Å². The number of hydrogen-bond acceptors (Lipinski definition) is 4. The normalized spacial score (nSPS) is 18.3. The molecule has 0 bridgehead atoms. The minimum Gasteiger partial charge on any atom is -0.357 e. The van der Waals surface area contributed by atoms with Crippen LogP contribution in [-0.4, -0.2) is 32.7 Å². The largest absolute Gasteiger partial charge is 0.357 e. The van der Waals surface area contributed by atoms with E-state index in [1.807, 2.05) is 17.0 Å². The van der Waals surface area contributed by atoms with Crippen LogP contribution in [-0.2, 0) is 0 Å². The van der Waals surface area contributed by atoms with Crippen LogP contribution in [0.4, 0.5) is 9.93 Å². The summed E-state index contributed by atoms with van der Waals surface area (Å²) in [4.78, 5) is 18.0. The smallest absolute Gasteiger partial charge is 0.324 e. The molecule has 0 aliphatic carbocycles. The van der Waals surface area contributed by atoms with E-state index in [1.54, 1.807) is 5.51 Å². The molecule has 1 unspecified atom stereocenters. The molecule has 6 nitrogen and oxygen atoms in total. The highest BCUT2D eigenvalue weighted by atomic mass is 32.1. The fourth-order valence-corrected chi connectivity index (χ4v) is 3.60. The second-order valence-electron chi connectivity index (χ2n) is 5.69. The number of benzene rings is 1. The molecule has 1 aliphatic rings. The molecule has 3 heterocycles. The monoisotopic (exact) mass is 327 g/mol. The van der Waals surface area contributed by atoms with E-state index in [0.29, 0.717) is 5.13 Å². The van der Waals surface area contributed by atoms with Crippen molar-refractivity contribution in [1.82, 2.24) is 20.1 Å². The lowest BCUT2D eigenvalue weighted by molar-refractivity contribution is 0.162. The molecular weight excluding hydrogens is 310 g/mol. The summed E-state index contributed by atoms with van der Waals surface area (Å²) in [6.07, 6.45) is 3.12. The molecule has 0 radical (unpaired) electrons. The molecule has 2 amide bonds. The maximum absolute atomic E-state index is 12.6. The highest BCUT2D eigenvalue weighted by Gasteiger charge is 2.29. The Morgan fingerprint density at radius 3 is 3.09 bits per heavy atom. The van der Waals surface area contributed by atoms with E-state index in [-0.39, 0.29) is 12.1 Å². The van der Waals surface area contributed by atoms with Crippen molar-refractivity contribution in [2.24, 2.45) is 0 Å². The Bertz CT molecular complexity index is 780. The maximum Gasteiger partial charge on any atom is 0.324 e. The third kappa shape index (κ3) is 2.79. The van der Waals surface area contributed by atoms with E-state index in [2.05, 4.69) is 38.7 Å². The molecule has 23 heavy (non-hydrogen) atoms. The summed E-state index contributed by atoms with van der Waals surface area (Å²) >= 11 is 1.33. The second kappa shape index (κ2) is 6.00. The standard InChI is InChI=1S/C16H17N5OS/c22-16(19-15-20-17-10-23-15)21-8-4-3-7-14(21)13-9-11-5-1-2-6-12(11)18-13/h1-2,5-6,9-10,14,18H,3-4,7-8H2,(H,19,20,22). The number of hydrogen-bond donors (Lipinski definition) is 2. The minimum atomic E-state index is -0.106. The number of nitrogens with zero attached hydrogens (tertiary/aromatic N) is 3. The average molecular weight is 327 g/mol. The molecule has 4 rings (SSSR count). The Morgan fingerprint density at radius 1 is 1.35 bits per heavy atom. The SMILES string of the molecule is O=C(Nc1nncs1)N1CCCCC1c1cc2ccccc2[nH]1. The van der Waals surface area contributed by atoms with Crippen LogP contribution in [0.15, 0.2) is 35.8 Å². The van der Waals surface area contributed by atoms with Crippen molar-refractivity contribution < 1.29 is 4.79 Å². The number of fused-ring (bicyclic) bond motifs is 1. The van der Waals surface area contributed by atoms with Crippen LogP contribution in [0.1, 0.15) is 31.0 Å². The number of anilines is 1. The Kier molecular flexibility index (Phi) is 3.70. The number of piperidine rings is 1. The topological polar surface area (TPSA) is 73.9 Å². The molecule has 1 atom stereocenters. The molecule has 1 saturated heterocycles. The average Bonchev–Trinajstić information content (AvgIpc) is 3.23. The van der Waals surface area contributed by atoms with Crippen molar-refractivity contribution in [2.75, 3.05) is 11.9 Å². The van der Waals surface area contributed by atoms with E-state index in [0.717, 1.165) is 37.0 Å². The van der Waals surface area contributed by atoms with Crippen LogP contribution in [0.25, 0.3) is 10.9 Å². The Morgan fingerprint density at radius 2 is 2.26 bits per heavy atom. The van der Waals surface area contributed by atoms with Crippen molar-refractivity contribution in [3.63, 3.8) is 0 Å². The third-order valence-corrected chi connectivity index (χ3v) is 4.85. The molecule has 1 aliphatic heterocycles. The zero-order valence-electron chi connectivity index (χ0n) is 12.5. The maximum atomic E-state index is 12.6. The van der Waals surface area contributed by atoms with Gasteiger partial charge in [0.25, 0.3) is 0 Å². The number of H-pyrrole nitrogens is 1. The van der Waals surface area contributed by atoms with Gasteiger partial charge in [-0.3, -0.25) is 5.32 Å². The fourth-order valence-electron chi connectivity index (χ4n) is 3.16. The molecule has 2 aromatic heterocycles. The number of carbonyl (C=O) groups excluding carboxylic acids is 1. The fraction of sp³-hybridized carbons (Fsp3) is 0.312. The summed E-state index contributed by atoms with van der Waals surface area (Å²) in [6, 6.07) is 10.3. The van der Waals surface area contributed by atoms with E-state index >= 15 is 0 Å². The van der Waals surface area contributed by atoms with Crippen LogP contribution >= 0.6 is 11.3 Å². The zero-order chi connectivity index (χ0) is 15.6. The molecule has 2 N–H and O–H groups in total. The third-order valence-electron chi connectivity index (χ3n) is 4.25. The number of likely N-dealkylation sites (tertiary alicyclic amines) is 1. The Balaban J connectivity index is 1.60. The first-order chi connectivity index (χ1) is 11.3. The van der Waals surface area contributed by atoms with Crippen molar-refractivity contribution in [2.45, 2.75) is 25.3 Å². The molecular formula is C16H17N5OS. The number of para-hydroxylation sites is 1. The Labute approximate surface area is 137 Å². The van der Waals surface area contributed by atoms with Gasteiger partial charge in [-0.15, -0.1) is 10.2 Å². The van der Waals surface area contributed by atoms with Gasteiger partial charge in [-0.2, -0.15) is 0 Å². The first kappa shape index (κ1) is 14.2. The van der Waals surface area contributed by atoms with Gasteiger partial charge in [0.05, 0.1) is 6.04 Å². The van der Waals surface area contributed by atoms with Gasteiger partial charge in [-0.25, -0.2) is 4.79 Å². The predicted octanol–water partition coefficient (Wildman–Crippen LogP) is 3.78. The first-order valence-electron chi connectivity index (χ1n) is 7.73. The summed E-state index contributed by atoms with van der Waals surface area (Å²) in [7, 11) is 0. The summed E-state index contributed by atoms with van der Waals surface area (Å²) in [5.41, 5.74) is 3.82. The van der Waals surface area contributed by atoms with Crippen molar-refractivity contribution in [3.8, 4) is 0 Å². The van der Waals surface area contributed by atoms with Gasteiger partial charge in [-0.1, -0.05) is 29.5 Å². The van der Waals surface area contributed by atoms with Gasteiger partial charge < -0.3 is 9.88 Å². The van der Waals surface area contributed by atoms with E-state index < -0.39 is 0 Å². The van der Waals surface area contributed by atoms with E-state index in [9.17, 15) is 4.79 Å². The quantitative estimate of drug-likeness (QED) is 0.752. The second-order valence-corrected chi connectivity index (χ2v) is 6.52. The summed E-state index contributed by atoms with van der Waals surface area (Å²) in [5.74, 6) is 0. The highest BCUT2D eigenvalue weighted by Crippen LogP contribution is 2.32. The number of aromatic nitrogens is 3. The lowest BCUT2D eigenvalue weighted by Gasteiger charge is -2.34. The van der Waals surface area contributed by atoms with Crippen LogP contribution in [0.5, 0.6) is 0 Å². The van der Waals surface area contributed by atoms with Gasteiger partial charge >= 0.3 is 6.03 Å². The lowest BCUT2D eigenvalue weighted by atomic mass is 10.00. The van der Waals surface area contributed by atoms with Crippen LogP contribution in [0, 0.1) is 0 Å². The molecule has 3 aromatic rings. The number of nitrogens with one attached hydrogen (secondary N) is 2. The molecule has 7 heteroatoms. The highest BCUT2D eigenvalue weighted by molar-refractivity contribution is 7.13. The van der Waals surface area contributed by atoms with Gasteiger partial charge in [0.1, 0.15) is 5.51 Å². The molecule has 0 saturated carbocycles. The molecule has 1 aromatic carbocycles. The number of carbonyl (C=O) groups is 1. The number of rotatable bonds is 2. The summed E-state index contributed by atoms with van der Waals surface area (Å²) in [6.45, 7) is 0.755. The van der Waals surface area contributed by atoms with Crippen LogP contribution < -0.4 is 5.32 Å². The van der Waals surface area contributed by atoms with Gasteiger partial charge in [0.15, 0.2) is 0 Å². The number of aromatic amines is 1. The number of amides is 2. The lowest BCUT2D eigenvalue weighted by Crippen LogP contribution is -2.41. The Hall–Kier alpha value is -2.41. The van der Waals surface area contributed by atoms with Crippen LogP contribution in [0.2, 0.25) is 0 Å². The molecule has 1 fully saturated rings. The molecule has 0 spiro atoms. The zero-order valence-corrected chi connectivity index (χ0v) is 13.3. The first-order valence-corrected chi connectivity index (χ1v) is 8.61. The van der Waals surface area contributed by atoms with Crippen molar-refractivity contribution >= 4 is 33.4 Å². The van der Waals surface area contributed by atoms with E-state index in [1.165, 1.54) is 16.7 Å². The van der Waals surface area contributed by atoms with E-state index in [4.69, 9.17) is 0 Å². The van der Waals surface area contributed by atoms with Crippen molar-refractivity contribution in [3.05, 3.63) is 41.5 Å². The van der Waals surface area contributed by atoms with Gasteiger partial charge in [0, 0.05) is 17.8 Å².